The Kier molecular flexibility index (Phi) is 4.34. The van der Waals surface area contributed by atoms with Crippen molar-refractivity contribution in [2.24, 2.45) is 0 Å². The summed E-state index contributed by atoms with van der Waals surface area (Å²) >= 11 is 5.88. The first-order valence-corrected chi connectivity index (χ1v) is 8.84. The first-order valence-electron chi connectivity index (χ1n) is 7.05. The fourth-order valence-corrected chi connectivity index (χ4v) is 3.54. The monoisotopic (exact) mass is 363 g/mol. The highest BCUT2D eigenvalue weighted by Crippen LogP contribution is 2.31. The number of ether oxygens (including phenoxy) is 1. The number of benzene rings is 2. The van der Waals surface area contributed by atoms with Gasteiger partial charge in [-0.15, -0.1) is 0 Å². The van der Waals surface area contributed by atoms with E-state index in [1.54, 1.807) is 12.1 Å². The molecule has 0 atom stereocenters. The lowest BCUT2D eigenvalue weighted by Crippen LogP contribution is -2.11. The second-order valence-corrected chi connectivity index (χ2v) is 7.06. The van der Waals surface area contributed by atoms with Gasteiger partial charge < -0.3 is 8.92 Å². The number of aryl methyl sites for hydroxylation is 1. The molecule has 0 aliphatic heterocycles. The van der Waals surface area contributed by atoms with Crippen LogP contribution in [0, 0.1) is 6.92 Å². The van der Waals surface area contributed by atoms with Gasteiger partial charge >= 0.3 is 10.1 Å². The molecular formula is C17H14ClNO4S. The number of nitrogens with zero attached hydrogens (tertiary/aromatic N) is 1. The van der Waals surface area contributed by atoms with E-state index >= 15 is 0 Å². The molecule has 1 aromatic heterocycles. The number of hydrogen-bond acceptors (Lipinski definition) is 5. The van der Waals surface area contributed by atoms with Crippen LogP contribution in [-0.4, -0.2) is 20.5 Å². The Morgan fingerprint density at radius 1 is 1.04 bits per heavy atom. The van der Waals surface area contributed by atoms with E-state index in [-0.39, 0.29) is 16.4 Å². The number of hydrogen-bond donors (Lipinski definition) is 0. The van der Waals surface area contributed by atoms with Crippen molar-refractivity contribution >= 4 is 32.6 Å². The third-order valence-corrected chi connectivity index (χ3v) is 4.93. The molecule has 3 aromatic rings. The van der Waals surface area contributed by atoms with Gasteiger partial charge in [0, 0.05) is 22.2 Å². The molecule has 0 fully saturated rings. The Bertz CT molecular complexity index is 1020. The first kappa shape index (κ1) is 16.5. The third kappa shape index (κ3) is 3.16. The minimum absolute atomic E-state index is 0.0981. The molecule has 0 spiro atoms. The summed E-state index contributed by atoms with van der Waals surface area (Å²) < 4.78 is 35.7. The number of rotatable bonds is 4. The smallest absolute Gasteiger partial charge is 0.343 e. The fraction of sp³-hybridized carbons (Fsp3) is 0.118. The molecule has 1 heterocycles. The van der Waals surface area contributed by atoms with Crippen LogP contribution >= 0.6 is 11.6 Å². The predicted octanol–water partition coefficient (Wildman–Crippen LogP) is 3.97. The lowest BCUT2D eigenvalue weighted by Gasteiger charge is -2.12. The van der Waals surface area contributed by atoms with Crippen LogP contribution in [0.3, 0.4) is 0 Å². The molecule has 0 unspecified atom stereocenters. The summed E-state index contributed by atoms with van der Waals surface area (Å²) in [5.41, 5.74) is 1.24. The molecular weight excluding hydrogens is 350 g/mol. The topological polar surface area (TPSA) is 65.5 Å². The van der Waals surface area contributed by atoms with Gasteiger partial charge in [0.05, 0.1) is 7.11 Å². The minimum atomic E-state index is -4.10. The molecule has 0 saturated heterocycles. The maximum absolute atomic E-state index is 12.6. The van der Waals surface area contributed by atoms with Crippen molar-refractivity contribution in [2.75, 3.05) is 7.11 Å². The zero-order valence-electron chi connectivity index (χ0n) is 13.0. The van der Waals surface area contributed by atoms with E-state index in [1.165, 1.54) is 25.3 Å². The van der Waals surface area contributed by atoms with Crippen molar-refractivity contribution in [3.05, 3.63) is 59.2 Å². The highest BCUT2D eigenvalue weighted by Gasteiger charge is 2.23. The second kappa shape index (κ2) is 6.30. The summed E-state index contributed by atoms with van der Waals surface area (Å²) in [6, 6.07) is 13.1. The van der Waals surface area contributed by atoms with E-state index in [1.807, 2.05) is 25.1 Å². The van der Waals surface area contributed by atoms with E-state index in [0.717, 1.165) is 11.1 Å². The molecule has 0 aliphatic carbocycles. The molecule has 0 N–H and O–H groups in total. The standard InChI is InChI=1S/C17H14ClNO4S/c1-11-6-7-12-4-3-5-14(17(12)19-11)23-24(20,21)16-9-8-13(18)10-15(16)22-2/h3-10H,1-2H3. The minimum Gasteiger partial charge on any atom is -0.495 e. The molecule has 3 rings (SSSR count). The summed E-state index contributed by atoms with van der Waals surface area (Å²) in [6.45, 7) is 1.83. The van der Waals surface area contributed by atoms with Gasteiger partial charge in [-0.1, -0.05) is 29.8 Å². The molecule has 0 saturated carbocycles. The summed E-state index contributed by atoms with van der Waals surface area (Å²) in [6.07, 6.45) is 0. The third-order valence-electron chi connectivity index (χ3n) is 3.42. The maximum atomic E-state index is 12.6. The SMILES string of the molecule is COc1cc(Cl)ccc1S(=O)(=O)Oc1cccc2ccc(C)nc12. The van der Waals surface area contributed by atoms with Crippen LogP contribution in [0.4, 0.5) is 0 Å². The molecule has 0 radical (unpaired) electrons. The van der Waals surface area contributed by atoms with E-state index < -0.39 is 10.1 Å². The van der Waals surface area contributed by atoms with E-state index in [4.69, 9.17) is 20.5 Å². The van der Waals surface area contributed by atoms with Gasteiger partial charge in [-0.05, 0) is 31.2 Å². The fourth-order valence-electron chi connectivity index (χ4n) is 2.30. The quantitative estimate of drug-likeness (QED) is 0.656. The van der Waals surface area contributed by atoms with Gasteiger partial charge in [0.1, 0.15) is 16.2 Å². The van der Waals surface area contributed by atoms with E-state index in [0.29, 0.717) is 10.5 Å². The molecule has 124 valence electrons. The van der Waals surface area contributed by atoms with Crippen LogP contribution < -0.4 is 8.92 Å². The van der Waals surface area contributed by atoms with Crippen molar-refractivity contribution in [2.45, 2.75) is 11.8 Å². The number of methoxy groups -OCH3 is 1. The van der Waals surface area contributed by atoms with Gasteiger partial charge in [-0.2, -0.15) is 8.42 Å². The number of para-hydroxylation sites is 1. The largest absolute Gasteiger partial charge is 0.495 e. The molecule has 5 nitrogen and oxygen atoms in total. The zero-order chi connectivity index (χ0) is 17.3. The predicted molar refractivity (Wildman–Crippen MR) is 92.3 cm³/mol. The second-order valence-electron chi connectivity index (χ2n) is 5.11. The molecule has 0 bridgehead atoms. The average molecular weight is 364 g/mol. The Morgan fingerprint density at radius 3 is 2.58 bits per heavy atom. The molecule has 2 aromatic carbocycles. The van der Waals surface area contributed by atoms with Gasteiger partial charge in [0.15, 0.2) is 5.75 Å². The summed E-state index contributed by atoms with van der Waals surface area (Å²) in [5, 5.41) is 1.16. The number of fused-ring (bicyclic) bond motifs is 1. The summed E-state index contributed by atoms with van der Waals surface area (Å²) in [5.74, 6) is 0.278. The van der Waals surface area contributed by atoms with Crippen molar-refractivity contribution in [3.63, 3.8) is 0 Å². The Morgan fingerprint density at radius 2 is 1.83 bits per heavy atom. The summed E-state index contributed by atoms with van der Waals surface area (Å²) in [7, 11) is -2.73. The van der Waals surface area contributed by atoms with Crippen LogP contribution in [0.5, 0.6) is 11.5 Å². The van der Waals surface area contributed by atoms with Crippen LogP contribution in [0.15, 0.2) is 53.4 Å². The first-order chi connectivity index (χ1) is 11.4. The highest BCUT2D eigenvalue weighted by molar-refractivity contribution is 7.87. The Labute approximate surface area is 144 Å². The summed E-state index contributed by atoms with van der Waals surface area (Å²) in [4.78, 5) is 4.27. The van der Waals surface area contributed by atoms with Crippen molar-refractivity contribution in [3.8, 4) is 11.5 Å². The number of aromatic nitrogens is 1. The molecule has 0 amide bonds. The van der Waals surface area contributed by atoms with E-state index in [2.05, 4.69) is 4.98 Å². The van der Waals surface area contributed by atoms with E-state index in [9.17, 15) is 8.42 Å². The maximum Gasteiger partial charge on any atom is 0.343 e. The van der Waals surface area contributed by atoms with Gasteiger partial charge in [0.25, 0.3) is 0 Å². The van der Waals surface area contributed by atoms with Gasteiger partial charge in [-0.25, -0.2) is 4.98 Å². The van der Waals surface area contributed by atoms with Crippen molar-refractivity contribution in [1.82, 2.24) is 4.98 Å². The van der Waals surface area contributed by atoms with Gasteiger partial charge in [-0.3, -0.25) is 0 Å². The lowest BCUT2D eigenvalue weighted by atomic mass is 10.2. The van der Waals surface area contributed by atoms with Crippen LogP contribution in [-0.2, 0) is 10.1 Å². The molecule has 24 heavy (non-hydrogen) atoms. The average Bonchev–Trinajstić information content (AvgIpc) is 2.54. The Hall–Kier alpha value is -2.31. The van der Waals surface area contributed by atoms with Crippen LogP contribution in [0.1, 0.15) is 5.69 Å². The van der Waals surface area contributed by atoms with Crippen molar-refractivity contribution in [1.29, 1.82) is 0 Å². The lowest BCUT2D eigenvalue weighted by molar-refractivity contribution is 0.398. The number of pyridine rings is 1. The normalized spacial score (nSPS) is 11.5. The Balaban J connectivity index is 2.09. The van der Waals surface area contributed by atoms with Crippen LogP contribution in [0.2, 0.25) is 5.02 Å². The van der Waals surface area contributed by atoms with Gasteiger partial charge in [0.2, 0.25) is 0 Å². The van der Waals surface area contributed by atoms with Crippen molar-refractivity contribution < 1.29 is 17.3 Å². The molecule has 0 aliphatic rings. The molecule has 7 heteroatoms. The zero-order valence-corrected chi connectivity index (χ0v) is 14.6. The van der Waals surface area contributed by atoms with Crippen LogP contribution in [0.25, 0.3) is 10.9 Å². The highest BCUT2D eigenvalue weighted by atomic mass is 35.5. The number of halogens is 1.